The van der Waals surface area contributed by atoms with Crippen LogP contribution in [-0.2, 0) is 19.3 Å². The van der Waals surface area contributed by atoms with Gasteiger partial charge in [-0.25, -0.2) is 0 Å². The number of phenolic OH excluding ortho intramolecular Hbond substituents is 2. The van der Waals surface area contributed by atoms with Gasteiger partial charge in [0.25, 0.3) is 0 Å². The van der Waals surface area contributed by atoms with E-state index in [0.29, 0.717) is 19.3 Å². The summed E-state index contributed by atoms with van der Waals surface area (Å²) < 4.78 is 0. The van der Waals surface area contributed by atoms with Crippen LogP contribution in [0.3, 0.4) is 0 Å². The highest BCUT2D eigenvalue weighted by Crippen LogP contribution is 2.31. The van der Waals surface area contributed by atoms with Gasteiger partial charge >= 0.3 is 0 Å². The molecule has 0 spiro atoms. The van der Waals surface area contributed by atoms with Crippen molar-refractivity contribution in [1.29, 1.82) is 0 Å². The Balaban J connectivity index is 2.42. The molecule has 2 rings (SSSR count). The maximum atomic E-state index is 10.3. The predicted molar refractivity (Wildman–Crippen MR) is 90.1 cm³/mol. The summed E-state index contributed by atoms with van der Waals surface area (Å²) >= 11 is 0. The lowest BCUT2D eigenvalue weighted by Gasteiger charge is -2.14. The zero-order chi connectivity index (χ0) is 17.0. The third-order valence-corrected chi connectivity index (χ3v) is 4.06. The highest BCUT2D eigenvalue weighted by Gasteiger charge is 2.13. The summed E-state index contributed by atoms with van der Waals surface area (Å²) in [6, 6.07) is 7.46. The van der Waals surface area contributed by atoms with E-state index in [1.54, 1.807) is 0 Å². The fourth-order valence-electron chi connectivity index (χ4n) is 2.89. The Morgan fingerprint density at radius 3 is 1.43 bits per heavy atom. The zero-order valence-corrected chi connectivity index (χ0v) is 13.6. The monoisotopic (exact) mass is 316 g/mol. The van der Waals surface area contributed by atoms with Gasteiger partial charge in [0.2, 0.25) is 0 Å². The van der Waals surface area contributed by atoms with E-state index in [-0.39, 0.29) is 24.7 Å². The van der Waals surface area contributed by atoms with Gasteiger partial charge in [-0.15, -0.1) is 0 Å². The van der Waals surface area contributed by atoms with Gasteiger partial charge in [-0.1, -0.05) is 24.3 Å². The first-order valence-corrected chi connectivity index (χ1v) is 7.80. The number of hydrogen-bond acceptors (Lipinski definition) is 4. The van der Waals surface area contributed by atoms with E-state index in [1.165, 1.54) is 0 Å². The minimum Gasteiger partial charge on any atom is -0.507 e. The van der Waals surface area contributed by atoms with Crippen molar-refractivity contribution in [3.63, 3.8) is 0 Å². The Morgan fingerprint density at radius 1 is 0.696 bits per heavy atom. The Hall–Kier alpha value is -2.04. The SMILES string of the molecule is Cc1cc(CCO)cc(Cc2cc(CCO)cc(C)c2O)c1O. The highest BCUT2D eigenvalue weighted by molar-refractivity contribution is 5.50. The third kappa shape index (κ3) is 4.03. The number of aromatic hydroxyl groups is 2. The Labute approximate surface area is 136 Å². The van der Waals surface area contributed by atoms with Gasteiger partial charge in [0.15, 0.2) is 0 Å². The molecule has 0 amide bonds. The normalized spacial score (nSPS) is 11.0. The summed E-state index contributed by atoms with van der Waals surface area (Å²) in [6.45, 7) is 3.76. The summed E-state index contributed by atoms with van der Waals surface area (Å²) in [4.78, 5) is 0. The van der Waals surface area contributed by atoms with Crippen LogP contribution in [0.15, 0.2) is 24.3 Å². The largest absolute Gasteiger partial charge is 0.507 e. The minimum absolute atomic E-state index is 0.0556. The van der Waals surface area contributed by atoms with Crippen molar-refractivity contribution in [2.24, 2.45) is 0 Å². The number of aryl methyl sites for hydroxylation is 2. The summed E-state index contributed by atoms with van der Waals surface area (Å²) in [7, 11) is 0. The molecule has 0 aliphatic carbocycles. The summed E-state index contributed by atoms with van der Waals surface area (Å²) in [6.07, 6.45) is 1.46. The van der Waals surface area contributed by atoms with E-state index >= 15 is 0 Å². The van der Waals surface area contributed by atoms with Gasteiger partial charge in [0, 0.05) is 19.6 Å². The van der Waals surface area contributed by atoms with Crippen molar-refractivity contribution in [3.05, 3.63) is 57.6 Å². The number of hydrogen-bond donors (Lipinski definition) is 4. The highest BCUT2D eigenvalue weighted by atomic mass is 16.3. The molecule has 0 unspecified atom stereocenters. The molecule has 0 radical (unpaired) electrons. The number of phenols is 2. The number of benzene rings is 2. The smallest absolute Gasteiger partial charge is 0.122 e. The number of rotatable bonds is 6. The van der Waals surface area contributed by atoms with Crippen molar-refractivity contribution in [1.82, 2.24) is 0 Å². The Kier molecular flexibility index (Phi) is 5.64. The van der Waals surface area contributed by atoms with Crippen LogP contribution in [0.2, 0.25) is 0 Å². The molecule has 0 saturated heterocycles. The molecule has 0 fully saturated rings. The van der Waals surface area contributed by atoms with E-state index < -0.39 is 0 Å². The second-order valence-corrected chi connectivity index (χ2v) is 5.96. The molecule has 4 N–H and O–H groups in total. The molecule has 0 atom stereocenters. The topological polar surface area (TPSA) is 80.9 Å². The van der Waals surface area contributed by atoms with Crippen LogP contribution in [0.1, 0.15) is 33.4 Å². The second-order valence-electron chi connectivity index (χ2n) is 5.96. The fraction of sp³-hybridized carbons (Fsp3) is 0.368. The van der Waals surface area contributed by atoms with Gasteiger partial charge in [-0.3, -0.25) is 0 Å². The van der Waals surface area contributed by atoms with Crippen LogP contribution < -0.4 is 0 Å². The van der Waals surface area contributed by atoms with E-state index in [9.17, 15) is 10.2 Å². The minimum atomic E-state index is 0.0556. The molecule has 0 saturated carbocycles. The van der Waals surface area contributed by atoms with Gasteiger partial charge in [0.1, 0.15) is 11.5 Å². The van der Waals surface area contributed by atoms with Crippen molar-refractivity contribution in [2.75, 3.05) is 13.2 Å². The average Bonchev–Trinajstić information content (AvgIpc) is 2.50. The molecule has 0 heterocycles. The van der Waals surface area contributed by atoms with Crippen LogP contribution in [0.25, 0.3) is 0 Å². The molecular weight excluding hydrogens is 292 g/mol. The van der Waals surface area contributed by atoms with E-state index in [4.69, 9.17) is 10.2 Å². The van der Waals surface area contributed by atoms with Crippen molar-refractivity contribution in [3.8, 4) is 11.5 Å². The average molecular weight is 316 g/mol. The predicted octanol–water partition coefficient (Wildman–Crippen LogP) is 2.38. The molecule has 2 aromatic rings. The maximum Gasteiger partial charge on any atom is 0.122 e. The fourth-order valence-corrected chi connectivity index (χ4v) is 2.89. The molecule has 23 heavy (non-hydrogen) atoms. The lowest BCUT2D eigenvalue weighted by Crippen LogP contribution is -1.99. The maximum absolute atomic E-state index is 10.3. The van der Waals surface area contributed by atoms with E-state index in [0.717, 1.165) is 33.4 Å². The quantitative estimate of drug-likeness (QED) is 0.659. The molecule has 2 aromatic carbocycles. The van der Waals surface area contributed by atoms with Gasteiger partial charge < -0.3 is 20.4 Å². The summed E-state index contributed by atoms with van der Waals surface area (Å²) in [5, 5.41) is 38.8. The van der Waals surface area contributed by atoms with Crippen LogP contribution in [0.5, 0.6) is 11.5 Å². The van der Waals surface area contributed by atoms with Crippen molar-refractivity contribution in [2.45, 2.75) is 33.1 Å². The van der Waals surface area contributed by atoms with Crippen molar-refractivity contribution < 1.29 is 20.4 Å². The lowest BCUT2D eigenvalue weighted by atomic mass is 9.94. The molecular formula is C19H24O4. The van der Waals surface area contributed by atoms with Crippen LogP contribution in [0.4, 0.5) is 0 Å². The first-order chi connectivity index (χ1) is 11.0. The van der Waals surface area contributed by atoms with E-state index in [2.05, 4.69) is 0 Å². The van der Waals surface area contributed by atoms with Gasteiger partial charge in [0.05, 0.1) is 0 Å². The van der Waals surface area contributed by atoms with Crippen LogP contribution in [0, 0.1) is 13.8 Å². The summed E-state index contributed by atoms with van der Waals surface area (Å²) in [5.74, 6) is 0.438. The first kappa shape index (κ1) is 17.3. The molecule has 0 bridgehead atoms. The molecule has 4 heteroatoms. The standard InChI is InChI=1S/C19H24O4/c1-12-7-14(3-5-20)9-16(18(12)22)11-17-10-15(4-6-21)8-13(2)19(17)23/h7-10,20-23H,3-6,11H2,1-2H3. The second kappa shape index (κ2) is 7.49. The molecule has 0 aliphatic heterocycles. The number of aliphatic hydroxyl groups is 2. The zero-order valence-electron chi connectivity index (χ0n) is 13.6. The lowest BCUT2D eigenvalue weighted by molar-refractivity contribution is 0.299. The third-order valence-electron chi connectivity index (χ3n) is 4.06. The Morgan fingerprint density at radius 2 is 1.09 bits per heavy atom. The van der Waals surface area contributed by atoms with Gasteiger partial charge in [-0.2, -0.15) is 0 Å². The Bertz CT molecular complexity index is 633. The summed E-state index contributed by atoms with van der Waals surface area (Å²) in [5.41, 5.74) is 4.89. The number of aliphatic hydroxyl groups excluding tert-OH is 2. The molecule has 4 nitrogen and oxygen atoms in total. The molecule has 0 aromatic heterocycles. The van der Waals surface area contributed by atoms with Crippen LogP contribution >= 0.6 is 0 Å². The van der Waals surface area contributed by atoms with Crippen LogP contribution in [-0.4, -0.2) is 33.6 Å². The van der Waals surface area contributed by atoms with E-state index in [1.807, 2.05) is 38.1 Å². The van der Waals surface area contributed by atoms with Crippen molar-refractivity contribution >= 4 is 0 Å². The molecule has 124 valence electrons. The van der Waals surface area contributed by atoms with Gasteiger partial charge in [-0.05, 0) is 60.1 Å². The first-order valence-electron chi connectivity index (χ1n) is 7.80. The molecule has 0 aliphatic rings.